The molecule has 104 valence electrons. The smallest absolute Gasteiger partial charge is 0.265 e. The highest BCUT2D eigenvalue weighted by molar-refractivity contribution is 7.85. The fourth-order valence-electron chi connectivity index (χ4n) is 1.23. The maximum absolute atomic E-state index is 10.5. The van der Waals surface area contributed by atoms with E-state index in [1.807, 2.05) is 14.1 Å². The zero-order valence-electron chi connectivity index (χ0n) is 10.4. The Kier molecular flexibility index (Phi) is 8.78. The summed E-state index contributed by atoms with van der Waals surface area (Å²) in [7, 11) is 0.0462. The van der Waals surface area contributed by atoms with Gasteiger partial charge in [-0.2, -0.15) is 8.42 Å². The standard InChI is InChI=1S/C9H20N2O4S.ClH/c1-9(10)15-7-6-11(2,3)5-4-8-16(12,13)14;/h10H,4-8H2,1-3H3;1H. The predicted octanol–water partition coefficient (Wildman–Crippen LogP) is -2.64. The molecule has 0 aliphatic carbocycles. The first-order valence-corrected chi connectivity index (χ1v) is 6.68. The van der Waals surface area contributed by atoms with Crippen molar-refractivity contribution in [2.45, 2.75) is 13.3 Å². The fourth-order valence-corrected chi connectivity index (χ4v) is 1.73. The lowest BCUT2D eigenvalue weighted by atomic mass is 10.4. The number of nitrogens with zero attached hydrogens (tertiary/aromatic N) is 1. The Morgan fingerprint density at radius 3 is 2.29 bits per heavy atom. The SMILES string of the molecule is CC(=N)OCC[N+](C)(C)CCCS(=O)(=O)O.[Cl-]. The van der Waals surface area contributed by atoms with Crippen LogP contribution in [0.25, 0.3) is 0 Å². The maximum Gasteiger partial charge on any atom is 0.265 e. The molecule has 0 unspecified atom stereocenters. The molecule has 0 bridgehead atoms. The monoisotopic (exact) mass is 288 g/mol. The van der Waals surface area contributed by atoms with Gasteiger partial charge < -0.3 is 21.6 Å². The van der Waals surface area contributed by atoms with Gasteiger partial charge in [0.1, 0.15) is 13.2 Å². The Bertz CT molecular complexity index is 330. The van der Waals surface area contributed by atoms with E-state index in [0.717, 1.165) is 0 Å². The third-order valence-electron chi connectivity index (χ3n) is 2.18. The molecule has 0 saturated heterocycles. The zero-order chi connectivity index (χ0) is 12.8. The van der Waals surface area contributed by atoms with E-state index in [1.165, 1.54) is 0 Å². The molecular formula is C9H21ClN2O4S. The van der Waals surface area contributed by atoms with Crippen LogP contribution < -0.4 is 12.4 Å². The highest BCUT2D eigenvalue weighted by atomic mass is 35.5. The minimum atomic E-state index is -3.86. The van der Waals surface area contributed by atoms with Gasteiger partial charge in [0.15, 0.2) is 5.90 Å². The summed E-state index contributed by atoms with van der Waals surface area (Å²) in [5.74, 6) is -0.0305. The molecule has 0 aromatic rings. The quantitative estimate of drug-likeness (QED) is 0.232. The van der Waals surface area contributed by atoms with Crippen molar-refractivity contribution < 1.29 is 34.6 Å². The van der Waals surface area contributed by atoms with Crippen molar-refractivity contribution in [2.24, 2.45) is 0 Å². The molecule has 0 fully saturated rings. The number of hydrogen-bond acceptors (Lipinski definition) is 4. The molecule has 0 aliphatic heterocycles. The van der Waals surface area contributed by atoms with Crippen molar-refractivity contribution in [3.05, 3.63) is 0 Å². The Morgan fingerprint density at radius 2 is 1.88 bits per heavy atom. The third-order valence-corrected chi connectivity index (χ3v) is 2.99. The van der Waals surface area contributed by atoms with Gasteiger partial charge in [-0.3, -0.25) is 9.96 Å². The third kappa shape index (κ3) is 13.6. The van der Waals surface area contributed by atoms with Crippen molar-refractivity contribution in [3.8, 4) is 0 Å². The van der Waals surface area contributed by atoms with E-state index in [4.69, 9.17) is 14.7 Å². The van der Waals surface area contributed by atoms with Gasteiger partial charge in [-0.25, -0.2) is 0 Å². The van der Waals surface area contributed by atoms with E-state index in [1.54, 1.807) is 6.92 Å². The first kappa shape index (κ1) is 19.0. The molecule has 0 aliphatic rings. The number of nitrogens with one attached hydrogen (secondary N) is 1. The molecule has 0 aromatic carbocycles. The van der Waals surface area contributed by atoms with E-state index in [2.05, 4.69) is 0 Å². The highest BCUT2D eigenvalue weighted by Crippen LogP contribution is 2.01. The minimum absolute atomic E-state index is 0. The number of quaternary nitrogens is 1. The summed E-state index contributed by atoms with van der Waals surface area (Å²) in [6, 6.07) is 0. The molecule has 0 aromatic heterocycles. The highest BCUT2D eigenvalue weighted by Gasteiger charge is 2.16. The lowest BCUT2D eigenvalue weighted by molar-refractivity contribution is -0.890. The largest absolute Gasteiger partial charge is 1.00 e. The van der Waals surface area contributed by atoms with Crippen LogP contribution in [0.5, 0.6) is 0 Å². The van der Waals surface area contributed by atoms with E-state index >= 15 is 0 Å². The van der Waals surface area contributed by atoms with Gasteiger partial charge in [-0.15, -0.1) is 0 Å². The van der Waals surface area contributed by atoms with Crippen LogP contribution in [0.1, 0.15) is 13.3 Å². The topological polar surface area (TPSA) is 87.5 Å². The molecule has 0 heterocycles. The normalized spacial score (nSPS) is 11.8. The van der Waals surface area contributed by atoms with Crippen molar-refractivity contribution in [1.29, 1.82) is 5.41 Å². The average molecular weight is 289 g/mol. The van der Waals surface area contributed by atoms with Crippen molar-refractivity contribution in [3.63, 3.8) is 0 Å². The molecule has 2 N–H and O–H groups in total. The molecule has 8 heteroatoms. The van der Waals surface area contributed by atoms with Crippen LogP contribution in [-0.4, -0.2) is 62.9 Å². The van der Waals surface area contributed by atoms with Gasteiger partial charge in [-0.05, 0) is 0 Å². The predicted molar refractivity (Wildman–Crippen MR) is 62.2 cm³/mol. The summed E-state index contributed by atoms with van der Waals surface area (Å²) in [4.78, 5) is 0. The molecule has 0 atom stereocenters. The number of rotatable bonds is 7. The summed E-state index contributed by atoms with van der Waals surface area (Å²) in [5, 5.41) is 7.08. The van der Waals surface area contributed by atoms with Gasteiger partial charge in [0.25, 0.3) is 10.1 Å². The summed E-state index contributed by atoms with van der Waals surface area (Å²) in [6.07, 6.45) is 0.412. The van der Waals surface area contributed by atoms with Crippen LogP contribution in [0.2, 0.25) is 0 Å². The molecule has 0 amide bonds. The van der Waals surface area contributed by atoms with Crippen LogP contribution in [0.15, 0.2) is 0 Å². The second-order valence-corrected chi connectivity index (χ2v) is 6.00. The Hall–Kier alpha value is -0.370. The molecule has 0 spiro atoms. The molecular weight excluding hydrogens is 268 g/mol. The minimum Gasteiger partial charge on any atom is -1.00 e. The molecule has 0 rings (SSSR count). The van der Waals surface area contributed by atoms with Crippen molar-refractivity contribution >= 4 is 16.0 Å². The Labute approximate surface area is 109 Å². The van der Waals surface area contributed by atoms with Gasteiger partial charge in [-0.1, -0.05) is 0 Å². The van der Waals surface area contributed by atoms with Crippen LogP contribution in [0.4, 0.5) is 0 Å². The first-order chi connectivity index (χ1) is 7.12. The van der Waals surface area contributed by atoms with Crippen LogP contribution in [-0.2, 0) is 14.9 Å². The summed E-state index contributed by atoms with van der Waals surface area (Å²) in [5.41, 5.74) is 0. The summed E-state index contributed by atoms with van der Waals surface area (Å²) < 4.78 is 35.2. The lowest BCUT2D eigenvalue weighted by Crippen LogP contribution is -3.00. The van der Waals surface area contributed by atoms with Crippen LogP contribution in [0, 0.1) is 5.41 Å². The summed E-state index contributed by atoms with van der Waals surface area (Å²) >= 11 is 0. The number of halogens is 1. The Balaban J connectivity index is 0. The Morgan fingerprint density at radius 1 is 1.35 bits per heavy atom. The van der Waals surface area contributed by atoms with Crippen molar-refractivity contribution in [2.75, 3.05) is 39.5 Å². The fraction of sp³-hybridized carbons (Fsp3) is 0.889. The molecule has 0 radical (unpaired) electrons. The van der Waals surface area contributed by atoms with Gasteiger partial charge in [0.2, 0.25) is 0 Å². The zero-order valence-corrected chi connectivity index (χ0v) is 12.0. The number of hydrogen-bond donors (Lipinski definition) is 2. The van der Waals surface area contributed by atoms with Gasteiger partial charge >= 0.3 is 0 Å². The molecule has 0 saturated carbocycles. The summed E-state index contributed by atoms with van der Waals surface area (Å²) in [6.45, 7) is 3.34. The first-order valence-electron chi connectivity index (χ1n) is 5.07. The lowest BCUT2D eigenvalue weighted by Gasteiger charge is -2.29. The second kappa shape index (κ2) is 7.86. The molecule has 17 heavy (non-hydrogen) atoms. The molecule has 6 nitrogen and oxygen atoms in total. The second-order valence-electron chi connectivity index (χ2n) is 4.43. The van der Waals surface area contributed by atoms with Crippen molar-refractivity contribution in [1.82, 2.24) is 0 Å². The average Bonchev–Trinajstić information content (AvgIpc) is 1.99. The number of likely N-dealkylation sites (N-methyl/N-ethyl adjacent to an activating group) is 1. The number of ether oxygens (including phenoxy) is 1. The van der Waals surface area contributed by atoms with E-state index < -0.39 is 10.1 Å². The van der Waals surface area contributed by atoms with E-state index in [-0.39, 0.29) is 24.1 Å². The van der Waals surface area contributed by atoms with Gasteiger partial charge in [0, 0.05) is 13.3 Å². The van der Waals surface area contributed by atoms with Gasteiger partial charge in [0.05, 0.1) is 26.4 Å². The van der Waals surface area contributed by atoms with E-state index in [9.17, 15) is 8.42 Å². The van der Waals surface area contributed by atoms with Crippen LogP contribution >= 0.6 is 0 Å². The van der Waals surface area contributed by atoms with E-state index in [0.29, 0.717) is 30.6 Å². The maximum atomic E-state index is 10.5. The van der Waals surface area contributed by atoms with Crippen LogP contribution in [0.3, 0.4) is 0 Å².